The first kappa shape index (κ1) is 13.2. The molecule has 0 heterocycles. The Balaban J connectivity index is 1.41. The fraction of sp³-hybridized carbons (Fsp3) is 0.955. The molecule has 0 aliphatic heterocycles. The minimum Gasteiger partial charge on any atom is -0.0552 e. The average molecular weight is 298 g/mol. The van der Waals surface area contributed by atoms with Gasteiger partial charge in [0, 0.05) is 11.3 Å². The van der Waals surface area contributed by atoms with Gasteiger partial charge in [-0.05, 0) is 94.8 Å². The molecule has 0 aromatic carbocycles. The average Bonchev–Trinajstić information content (AvgIpc) is 2.38. The molecule has 8 bridgehead atoms. The van der Waals surface area contributed by atoms with Crippen LogP contribution in [0.2, 0.25) is 0 Å². The van der Waals surface area contributed by atoms with Gasteiger partial charge in [-0.2, -0.15) is 0 Å². The lowest BCUT2D eigenvalue weighted by atomic mass is 9.35. The molecular weight excluding hydrogens is 264 g/mol. The van der Waals surface area contributed by atoms with E-state index in [1.165, 1.54) is 0 Å². The van der Waals surface area contributed by atoms with Crippen molar-refractivity contribution in [1.29, 1.82) is 0 Å². The molecule has 0 aromatic rings. The molecule has 5 unspecified atom stereocenters. The van der Waals surface area contributed by atoms with Crippen LogP contribution in [0, 0.1) is 58.2 Å². The van der Waals surface area contributed by atoms with E-state index in [2.05, 4.69) is 19.8 Å². The number of hydrogen-bond donors (Lipinski definition) is 0. The van der Waals surface area contributed by atoms with E-state index in [1.807, 2.05) is 0 Å². The summed E-state index contributed by atoms with van der Waals surface area (Å²) >= 11 is 0. The Kier molecular flexibility index (Phi) is 2.35. The second-order valence-corrected chi connectivity index (χ2v) is 11.3. The normalized spacial score (nSPS) is 64.6. The van der Waals surface area contributed by atoms with Gasteiger partial charge in [0.15, 0.2) is 0 Å². The van der Waals surface area contributed by atoms with Crippen LogP contribution in [0.25, 0.3) is 0 Å². The summed E-state index contributed by atoms with van der Waals surface area (Å²) in [4.78, 5) is 0. The number of rotatable bonds is 1. The quantitative estimate of drug-likeness (QED) is 0.531. The second-order valence-electron chi connectivity index (χ2n) is 11.3. The van der Waals surface area contributed by atoms with E-state index in [4.69, 9.17) is 0 Å². The molecule has 0 nitrogen and oxygen atoms in total. The van der Waals surface area contributed by atoms with Crippen LogP contribution in [0.3, 0.4) is 0 Å². The zero-order valence-corrected chi connectivity index (χ0v) is 14.6. The van der Waals surface area contributed by atoms with Crippen molar-refractivity contribution in [3.63, 3.8) is 0 Å². The summed E-state index contributed by atoms with van der Waals surface area (Å²) in [6, 6.07) is 0. The molecule has 8 fully saturated rings. The molecule has 0 spiro atoms. The minimum atomic E-state index is 0.664. The molecule has 0 amide bonds. The lowest BCUT2D eigenvalue weighted by Gasteiger charge is -2.63. The van der Waals surface area contributed by atoms with E-state index in [1.54, 1.807) is 64.2 Å². The topological polar surface area (TPSA) is 0 Å². The van der Waals surface area contributed by atoms with Gasteiger partial charge in [-0.3, -0.25) is 0 Å². The van der Waals surface area contributed by atoms with E-state index in [0.29, 0.717) is 10.8 Å². The Hall–Kier alpha value is -0.130. The van der Waals surface area contributed by atoms with Crippen LogP contribution < -0.4 is 0 Å². The van der Waals surface area contributed by atoms with E-state index in [-0.39, 0.29) is 0 Å². The molecule has 5 atom stereocenters. The lowest BCUT2D eigenvalue weighted by molar-refractivity contribution is -0.135. The predicted molar refractivity (Wildman–Crippen MR) is 90.1 cm³/mol. The molecule has 120 valence electrons. The fourth-order valence-electron chi connectivity index (χ4n) is 9.94. The van der Waals surface area contributed by atoms with Crippen molar-refractivity contribution < 1.29 is 0 Å². The summed E-state index contributed by atoms with van der Waals surface area (Å²) in [5, 5.41) is 0. The molecule has 22 heavy (non-hydrogen) atoms. The third-order valence-electron chi connectivity index (χ3n) is 9.52. The molecule has 8 rings (SSSR count). The zero-order chi connectivity index (χ0) is 14.7. The van der Waals surface area contributed by atoms with Crippen LogP contribution in [0.15, 0.2) is 0 Å². The van der Waals surface area contributed by atoms with E-state index in [9.17, 15) is 0 Å². The zero-order valence-electron chi connectivity index (χ0n) is 14.6. The lowest BCUT2D eigenvalue weighted by Crippen LogP contribution is -2.60. The summed E-state index contributed by atoms with van der Waals surface area (Å²) in [5.41, 5.74) is 1.38. The van der Waals surface area contributed by atoms with Crippen molar-refractivity contribution in [2.45, 2.75) is 78.1 Å². The van der Waals surface area contributed by atoms with E-state index < -0.39 is 0 Å². The fourth-order valence-corrected chi connectivity index (χ4v) is 9.94. The summed E-state index contributed by atoms with van der Waals surface area (Å²) < 4.78 is 0. The van der Waals surface area contributed by atoms with Crippen LogP contribution >= 0.6 is 0 Å². The molecule has 8 saturated carbocycles. The monoisotopic (exact) mass is 297 g/mol. The van der Waals surface area contributed by atoms with Gasteiger partial charge in [-0.25, -0.2) is 0 Å². The van der Waals surface area contributed by atoms with Crippen LogP contribution in [-0.2, 0) is 0 Å². The third kappa shape index (κ3) is 1.54. The van der Waals surface area contributed by atoms with Gasteiger partial charge in [0.05, 0.1) is 0 Å². The van der Waals surface area contributed by atoms with Crippen molar-refractivity contribution in [3.05, 3.63) is 5.92 Å². The Morgan fingerprint density at radius 3 is 1.73 bits per heavy atom. The molecule has 0 heteroatoms. The predicted octanol–water partition coefficient (Wildman–Crippen LogP) is 5.87. The standard InChI is InChI=1S/C22H33/c1-21-9-13-3-14(10-21)6-17(5-13)19(21)20-18-7-15-4-16(8-18)12-22(20,2)11-15/h13-19H,3-12H2,1-2H3/q+1. The number of fused-ring (bicyclic) bond motifs is 1. The van der Waals surface area contributed by atoms with Gasteiger partial charge < -0.3 is 0 Å². The van der Waals surface area contributed by atoms with Crippen LogP contribution in [0.1, 0.15) is 78.1 Å². The Morgan fingerprint density at radius 1 is 0.682 bits per heavy atom. The number of hydrogen-bond acceptors (Lipinski definition) is 0. The molecular formula is C22H33+. The highest BCUT2D eigenvalue weighted by atomic mass is 14.7. The van der Waals surface area contributed by atoms with Crippen molar-refractivity contribution in [2.75, 3.05) is 0 Å². The molecule has 8 aliphatic rings. The van der Waals surface area contributed by atoms with Crippen LogP contribution in [-0.4, -0.2) is 0 Å². The largest absolute Gasteiger partial charge is 0.109 e. The smallest absolute Gasteiger partial charge is 0.0552 e. The van der Waals surface area contributed by atoms with Crippen molar-refractivity contribution in [1.82, 2.24) is 0 Å². The second kappa shape index (κ2) is 3.92. The van der Waals surface area contributed by atoms with Gasteiger partial charge in [-0.15, -0.1) is 0 Å². The first-order chi connectivity index (χ1) is 10.5. The summed E-state index contributed by atoms with van der Waals surface area (Å²) in [7, 11) is 0. The summed E-state index contributed by atoms with van der Waals surface area (Å²) in [6.07, 6.45) is 15.9. The maximum Gasteiger partial charge on any atom is 0.109 e. The summed E-state index contributed by atoms with van der Waals surface area (Å²) in [6.45, 7) is 5.44. The molecule has 0 radical (unpaired) electrons. The Bertz CT molecular complexity index is 430. The van der Waals surface area contributed by atoms with Crippen molar-refractivity contribution in [3.8, 4) is 0 Å². The Morgan fingerprint density at radius 2 is 1.23 bits per heavy atom. The first-order valence-corrected chi connectivity index (χ1v) is 10.4. The minimum absolute atomic E-state index is 0.664. The van der Waals surface area contributed by atoms with Crippen LogP contribution in [0.4, 0.5) is 0 Å². The highest BCUT2D eigenvalue weighted by Gasteiger charge is 2.71. The van der Waals surface area contributed by atoms with Gasteiger partial charge in [0.2, 0.25) is 0 Å². The van der Waals surface area contributed by atoms with Gasteiger partial charge >= 0.3 is 0 Å². The van der Waals surface area contributed by atoms with E-state index in [0.717, 1.165) is 41.4 Å². The SMILES string of the molecule is CC12CC3CC(CC(C3)[C+]1C1C3CC4CC(C3)CC1(C)C4)C2. The van der Waals surface area contributed by atoms with Gasteiger partial charge in [-0.1, -0.05) is 6.92 Å². The van der Waals surface area contributed by atoms with Crippen LogP contribution in [0.5, 0.6) is 0 Å². The molecule has 8 aliphatic carbocycles. The highest BCUT2D eigenvalue weighted by Crippen LogP contribution is 2.73. The summed E-state index contributed by atoms with van der Waals surface area (Å²) in [5.74, 6) is 9.79. The van der Waals surface area contributed by atoms with Crippen molar-refractivity contribution >= 4 is 0 Å². The van der Waals surface area contributed by atoms with Gasteiger partial charge in [0.25, 0.3) is 0 Å². The first-order valence-electron chi connectivity index (χ1n) is 10.4. The third-order valence-corrected chi connectivity index (χ3v) is 9.52. The molecule has 0 aromatic heterocycles. The van der Waals surface area contributed by atoms with Crippen molar-refractivity contribution in [2.24, 2.45) is 52.3 Å². The van der Waals surface area contributed by atoms with E-state index >= 15 is 0 Å². The maximum atomic E-state index is 2.73. The maximum absolute atomic E-state index is 2.73. The molecule has 0 N–H and O–H groups in total. The highest BCUT2D eigenvalue weighted by molar-refractivity contribution is 5.26. The van der Waals surface area contributed by atoms with Gasteiger partial charge in [0.1, 0.15) is 23.2 Å². The Labute approximate surface area is 136 Å². The molecule has 0 saturated heterocycles.